The predicted molar refractivity (Wildman–Crippen MR) is 105 cm³/mol. The van der Waals surface area contributed by atoms with E-state index in [4.69, 9.17) is 4.74 Å². The molecule has 2 rings (SSSR count). The second kappa shape index (κ2) is 8.67. The number of amides is 1. The second-order valence-corrected chi connectivity index (χ2v) is 7.13. The average Bonchev–Trinajstić information content (AvgIpc) is 2.59. The van der Waals surface area contributed by atoms with Gasteiger partial charge in [0.1, 0.15) is 0 Å². The fourth-order valence-electron chi connectivity index (χ4n) is 2.45. The summed E-state index contributed by atoms with van der Waals surface area (Å²) < 4.78 is 5.02. The maximum absolute atomic E-state index is 12.4. The molecule has 4 nitrogen and oxygen atoms in total. The van der Waals surface area contributed by atoms with Gasteiger partial charge < -0.3 is 15.4 Å². The Bertz CT molecular complexity index is 671. The molecule has 4 heteroatoms. The van der Waals surface area contributed by atoms with Crippen LogP contribution in [0.3, 0.4) is 0 Å². The Hall–Kier alpha value is -2.33. The lowest BCUT2D eigenvalue weighted by Crippen LogP contribution is -2.14. The molecule has 25 heavy (non-hydrogen) atoms. The lowest BCUT2D eigenvalue weighted by molar-refractivity contribution is 0.102. The summed E-state index contributed by atoms with van der Waals surface area (Å²) in [6.45, 7) is 8.08. The second-order valence-electron chi connectivity index (χ2n) is 7.13. The standard InChI is InChI=1S/C21H28N2O2/c1-21(2,3)17-8-6-16(7-9-17)20(24)23-19-12-10-18(11-13-19)22-14-5-15-25-4/h6-13,22H,5,14-15H2,1-4H3,(H,23,24). The Kier molecular flexibility index (Phi) is 6.59. The van der Waals surface area contributed by atoms with Crippen LogP contribution >= 0.6 is 0 Å². The molecule has 0 spiro atoms. The van der Waals surface area contributed by atoms with Crippen LogP contribution in [0.4, 0.5) is 11.4 Å². The average molecular weight is 340 g/mol. The number of benzene rings is 2. The minimum Gasteiger partial charge on any atom is -0.385 e. The quantitative estimate of drug-likeness (QED) is 0.719. The molecule has 0 saturated carbocycles. The van der Waals surface area contributed by atoms with Crippen molar-refractivity contribution in [2.24, 2.45) is 0 Å². The van der Waals surface area contributed by atoms with Crippen molar-refractivity contribution in [3.05, 3.63) is 59.7 Å². The van der Waals surface area contributed by atoms with Crippen molar-refractivity contribution >= 4 is 17.3 Å². The lowest BCUT2D eigenvalue weighted by atomic mass is 9.87. The predicted octanol–water partition coefficient (Wildman–Crippen LogP) is 4.68. The van der Waals surface area contributed by atoms with Crippen molar-refractivity contribution in [1.29, 1.82) is 0 Å². The highest BCUT2D eigenvalue weighted by atomic mass is 16.5. The molecule has 134 valence electrons. The zero-order chi connectivity index (χ0) is 18.3. The molecule has 0 aromatic heterocycles. The molecule has 0 fully saturated rings. The third-order valence-corrected chi connectivity index (χ3v) is 4.01. The summed E-state index contributed by atoms with van der Waals surface area (Å²) in [7, 11) is 1.70. The summed E-state index contributed by atoms with van der Waals surface area (Å²) in [5.41, 5.74) is 3.78. The van der Waals surface area contributed by atoms with E-state index in [1.54, 1.807) is 7.11 Å². The molecule has 0 bridgehead atoms. The molecule has 0 aliphatic heterocycles. The van der Waals surface area contributed by atoms with Gasteiger partial charge in [-0.3, -0.25) is 4.79 Å². The maximum Gasteiger partial charge on any atom is 0.255 e. The molecule has 0 saturated heterocycles. The number of hydrogen-bond donors (Lipinski definition) is 2. The van der Waals surface area contributed by atoms with Gasteiger partial charge in [0.05, 0.1) is 0 Å². The van der Waals surface area contributed by atoms with Crippen LogP contribution in [0.1, 0.15) is 43.1 Å². The van der Waals surface area contributed by atoms with Gasteiger partial charge in [-0.15, -0.1) is 0 Å². The minimum atomic E-state index is -0.0961. The van der Waals surface area contributed by atoms with E-state index in [-0.39, 0.29) is 11.3 Å². The van der Waals surface area contributed by atoms with E-state index in [1.165, 1.54) is 5.56 Å². The fourth-order valence-corrected chi connectivity index (χ4v) is 2.45. The summed E-state index contributed by atoms with van der Waals surface area (Å²) in [6, 6.07) is 15.5. The number of nitrogens with one attached hydrogen (secondary N) is 2. The van der Waals surface area contributed by atoms with E-state index in [0.29, 0.717) is 5.56 Å². The molecule has 0 unspecified atom stereocenters. The molecule has 0 heterocycles. The van der Waals surface area contributed by atoms with Crippen LogP contribution in [-0.4, -0.2) is 26.2 Å². The molecule has 0 aliphatic rings. The molecule has 2 aromatic carbocycles. The number of anilines is 2. The van der Waals surface area contributed by atoms with Crippen LogP contribution in [0.5, 0.6) is 0 Å². The summed E-state index contributed by atoms with van der Waals surface area (Å²) in [6.07, 6.45) is 0.958. The third-order valence-electron chi connectivity index (χ3n) is 4.01. The molecule has 0 atom stereocenters. The molecular formula is C21H28N2O2. The first-order chi connectivity index (χ1) is 11.9. The van der Waals surface area contributed by atoms with E-state index < -0.39 is 0 Å². The Labute approximate surface area is 150 Å². The Morgan fingerprint density at radius 3 is 2.12 bits per heavy atom. The zero-order valence-corrected chi connectivity index (χ0v) is 15.6. The molecule has 0 radical (unpaired) electrons. The highest BCUT2D eigenvalue weighted by Crippen LogP contribution is 2.22. The van der Waals surface area contributed by atoms with Crippen molar-refractivity contribution in [1.82, 2.24) is 0 Å². The first-order valence-electron chi connectivity index (χ1n) is 8.65. The van der Waals surface area contributed by atoms with Crippen LogP contribution in [0, 0.1) is 0 Å². The lowest BCUT2D eigenvalue weighted by Gasteiger charge is -2.19. The topological polar surface area (TPSA) is 50.4 Å². The van der Waals surface area contributed by atoms with Gasteiger partial charge in [0, 0.05) is 37.2 Å². The Balaban J connectivity index is 1.92. The van der Waals surface area contributed by atoms with E-state index >= 15 is 0 Å². The fraction of sp³-hybridized carbons (Fsp3) is 0.381. The van der Waals surface area contributed by atoms with Crippen LogP contribution in [-0.2, 0) is 10.2 Å². The first-order valence-corrected chi connectivity index (χ1v) is 8.65. The van der Waals surface area contributed by atoms with Crippen LogP contribution in [0.25, 0.3) is 0 Å². The van der Waals surface area contributed by atoms with E-state index in [1.807, 2.05) is 48.5 Å². The van der Waals surface area contributed by atoms with Crippen LogP contribution in [0.2, 0.25) is 0 Å². The van der Waals surface area contributed by atoms with Gasteiger partial charge in [0.15, 0.2) is 0 Å². The van der Waals surface area contributed by atoms with Crippen molar-refractivity contribution in [3.63, 3.8) is 0 Å². The maximum atomic E-state index is 12.4. The van der Waals surface area contributed by atoms with E-state index in [2.05, 4.69) is 31.4 Å². The van der Waals surface area contributed by atoms with Crippen LogP contribution < -0.4 is 10.6 Å². The van der Waals surface area contributed by atoms with Gasteiger partial charge in [0.2, 0.25) is 0 Å². The largest absolute Gasteiger partial charge is 0.385 e. The van der Waals surface area contributed by atoms with Gasteiger partial charge in [-0.1, -0.05) is 32.9 Å². The highest BCUT2D eigenvalue weighted by molar-refractivity contribution is 6.04. The number of carbonyl (C=O) groups is 1. The SMILES string of the molecule is COCCCNc1ccc(NC(=O)c2ccc(C(C)(C)C)cc2)cc1. The van der Waals surface area contributed by atoms with Crippen LogP contribution in [0.15, 0.2) is 48.5 Å². The molecule has 2 aromatic rings. The monoisotopic (exact) mass is 340 g/mol. The summed E-state index contributed by atoms with van der Waals surface area (Å²) in [4.78, 5) is 12.4. The molecular weight excluding hydrogens is 312 g/mol. The van der Waals surface area contributed by atoms with Gasteiger partial charge in [-0.05, 0) is 53.8 Å². The Morgan fingerprint density at radius 2 is 1.56 bits per heavy atom. The number of methoxy groups -OCH3 is 1. The molecule has 1 amide bonds. The van der Waals surface area contributed by atoms with Crippen molar-refractivity contribution < 1.29 is 9.53 Å². The van der Waals surface area contributed by atoms with E-state index in [0.717, 1.165) is 30.9 Å². The number of carbonyl (C=O) groups excluding carboxylic acids is 1. The number of rotatable bonds is 7. The van der Waals surface area contributed by atoms with E-state index in [9.17, 15) is 4.79 Å². The highest BCUT2D eigenvalue weighted by Gasteiger charge is 2.14. The normalized spacial score (nSPS) is 11.2. The summed E-state index contributed by atoms with van der Waals surface area (Å²) in [5, 5.41) is 6.25. The smallest absolute Gasteiger partial charge is 0.255 e. The molecule has 0 aliphatic carbocycles. The summed E-state index contributed by atoms with van der Waals surface area (Å²) in [5.74, 6) is -0.0961. The number of ether oxygens (including phenoxy) is 1. The van der Waals surface area contributed by atoms with Crippen molar-refractivity contribution in [2.75, 3.05) is 30.9 Å². The molecule has 2 N–H and O–H groups in total. The van der Waals surface area contributed by atoms with Gasteiger partial charge in [0.25, 0.3) is 5.91 Å². The minimum absolute atomic E-state index is 0.0844. The zero-order valence-electron chi connectivity index (χ0n) is 15.6. The Morgan fingerprint density at radius 1 is 0.960 bits per heavy atom. The van der Waals surface area contributed by atoms with Gasteiger partial charge in [-0.2, -0.15) is 0 Å². The van der Waals surface area contributed by atoms with Gasteiger partial charge >= 0.3 is 0 Å². The van der Waals surface area contributed by atoms with Crippen molar-refractivity contribution in [2.45, 2.75) is 32.6 Å². The third kappa shape index (κ3) is 5.91. The first kappa shape index (κ1) is 19.0. The van der Waals surface area contributed by atoms with Gasteiger partial charge in [-0.25, -0.2) is 0 Å². The number of hydrogen-bond acceptors (Lipinski definition) is 3. The summed E-state index contributed by atoms with van der Waals surface area (Å²) >= 11 is 0. The van der Waals surface area contributed by atoms with Crippen molar-refractivity contribution in [3.8, 4) is 0 Å².